The van der Waals surface area contributed by atoms with Gasteiger partial charge in [-0.15, -0.1) is 0 Å². The number of rotatable bonds is 6. The van der Waals surface area contributed by atoms with E-state index in [-0.39, 0.29) is 23.8 Å². The molecule has 1 aliphatic rings. The number of hydrogen-bond donors (Lipinski definition) is 2. The fourth-order valence-electron chi connectivity index (χ4n) is 3.18. The molecular weight excluding hydrogens is 370 g/mol. The molecule has 0 saturated carbocycles. The summed E-state index contributed by atoms with van der Waals surface area (Å²) in [5.41, 5.74) is 1.18. The minimum absolute atomic E-state index is 0.0553. The number of carbonyl (C=O) groups excluding carboxylic acids is 1. The third kappa shape index (κ3) is 4.37. The maximum Gasteiger partial charge on any atom is 0.282 e. The molecule has 0 radical (unpaired) electrons. The molecule has 1 saturated heterocycles. The Bertz CT molecular complexity index is 835. The largest absolute Gasteiger partial charge is 0.394 e. The van der Waals surface area contributed by atoms with Crippen LogP contribution >= 0.6 is 11.6 Å². The molecule has 3 rings (SSSR count). The van der Waals surface area contributed by atoms with Crippen LogP contribution in [0.25, 0.3) is 0 Å². The Morgan fingerprint density at radius 2 is 1.89 bits per heavy atom. The predicted octanol–water partition coefficient (Wildman–Crippen LogP) is 3.63. The molecule has 0 spiro atoms. The molecule has 8 heteroatoms. The monoisotopic (exact) mass is 389 g/mol. The number of nitro benzene ring substituents is 1. The average molecular weight is 390 g/mol. The van der Waals surface area contributed by atoms with Crippen molar-refractivity contribution in [1.82, 2.24) is 4.90 Å². The van der Waals surface area contributed by atoms with E-state index in [1.807, 2.05) is 0 Å². The topological polar surface area (TPSA) is 95.7 Å². The van der Waals surface area contributed by atoms with Gasteiger partial charge in [0.15, 0.2) is 0 Å². The standard InChI is InChI=1S/C19H20ClN3O4/c20-14-5-3-13(4-6-14)17(12-24)21-15-7-8-18(23(26)27)16(11-15)19(25)22-9-1-2-10-22/h3-8,11,17,21,24H,1-2,9-10,12H2. The van der Waals surface area contributed by atoms with Crippen LogP contribution in [0.15, 0.2) is 42.5 Å². The Kier molecular flexibility index (Phi) is 5.93. The summed E-state index contributed by atoms with van der Waals surface area (Å²) in [7, 11) is 0. The van der Waals surface area contributed by atoms with Crippen LogP contribution in [0.5, 0.6) is 0 Å². The highest BCUT2D eigenvalue weighted by Gasteiger charge is 2.27. The molecule has 0 aliphatic carbocycles. The van der Waals surface area contributed by atoms with E-state index in [9.17, 15) is 20.0 Å². The van der Waals surface area contributed by atoms with Gasteiger partial charge in [0.2, 0.25) is 0 Å². The summed E-state index contributed by atoms with van der Waals surface area (Å²) in [5, 5.41) is 24.8. The smallest absolute Gasteiger partial charge is 0.282 e. The van der Waals surface area contributed by atoms with Crippen molar-refractivity contribution in [3.63, 3.8) is 0 Å². The van der Waals surface area contributed by atoms with E-state index in [4.69, 9.17) is 11.6 Å². The number of nitrogens with one attached hydrogen (secondary N) is 1. The van der Waals surface area contributed by atoms with Gasteiger partial charge in [-0.1, -0.05) is 23.7 Å². The highest BCUT2D eigenvalue weighted by molar-refractivity contribution is 6.30. The normalized spacial score (nSPS) is 14.8. The molecule has 1 unspecified atom stereocenters. The lowest BCUT2D eigenvalue weighted by atomic mass is 10.1. The fourth-order valence-corrected chi connectivity index (χ4v) is 3.30. The van der Waals surface area contributed by atoms with E-state index in [2.05, 4.69) is 5.32 Å². The van der Waals surface area contributed by atoms with Crippen molar-refractivity contribution < 1.29 is 14.8 Å². The number of likely N-dealkylation sites (tertiary alicyclic amines) is 1. The summed E-state index contributed by atoms with van der Waals surface area (Å²) in [6.45, 7) is 1.03. The number of aliphatic hydroxyl groups is 1. The zero-order valence-electron chi connectivity index (χ0n) is 14.6. The maximum atomic E-state index is 12.7. The molecule has 1 amide bonds. The van der Waals surface area contributed by atoms with Gasteiger partial charge < -0.3 is 15.3 Å². The van der Waals surface area contributed by atoms with Crippen LogP contribution in [-0.2, 0) is 0 Å². The number of carbonyl (C=O) groups is 1. The van der Waals surface area contributed by atoms with Gasteiger partial charge in [-0.2, -0.15) is 0 Å². The average Bonchev–Trinajstić information content (AvgIpc) is 3.21. The number of anilines is 1. The number of halogens is 1. The molecule has 2 aromatic rings. The second-order valence-corrected chi connectivity index (χ2v) is 6.86. The molecule has 27 heavy (non-hydrogen) atoms. The second-order valence-electron chi connectivity index (χ2n) is 6.42. The summed E-state index contributed by atoms with van der Waals surface area (Å²) in [4.78, 5) is 25.2. The zero-order chi connectivity index (χ0) is 19.4. The van der Waals surface area contributed by atoms with Gasteiger partial charge in [-0.3, -0.25) is 14.9 Å². The molecule has 1 heterocycles. The van der Waals surface area contributed by atoms with Gasteiger partial charge in [0.05, 0.1) is 17.6 Å². The number of benzene rings is 2. The lowest BCUT2D eigenvalue weighted by molar-refractivity contribution is -0.385. The highest BCUT2D eigenvalue weighted by atomic mass is 35.5. The van der Waals surface area contributed by atoms with Gasteiger partial charge in [0.25, 0.3) is 11.6 Å². The van der Waals surface area contributed by atoms with Crippen LogP contribution < -0.4 is 5.32 Å². The maximum absolute atomic E-state index is 12.7. The molecule has 2 N–H and O–H groups in total. The predicted molar refractivity (Wildman–Crippen MR) is 103 cm³/mol. The van der Waals surface area contributed by atoms with Gasteiger partial charge in [0.1, 0.15) is 5.56 Å². The Hall–Kier alpha value is -2.64. The van der Waals surface area contributed by atoms with Crippen LogP contribution in [0.3, 0.4) is 0 Å². The first-order valence-corrected chi connectivity index (χ1v) is 9.08. The number of nitro groups is 1. The summed E-state index contributed by atoms with van der Waals surface area (Å²) in [6, 6.07) is 10.9. The minimum atomic E-state index is -0.546. The third-order valence-electron chi connectivity index (χ3n) is 4.61. The lowest BCUT2D eigenvalue weighted by Crippen LogP contribution is -2.28. The van der Waals surface area contributed by atoms with E-state index in [1.165, 1.54) is 18.2 Å². The van der Waals surface area contributed by atoms with Gasteiger partial charge in [0, 0.05) is 29.9 Å². The van der Waals surface area contributed by atoms with Crippen LogP contribution in [0, 0.1) is 10.1 Å². The van der Waals surface area contributed by atoms with Gasteiger partial charge in [-0.25, -0.2) is 0 Å². The Labute approximate surface area is 161 Å². The Morgan fingerprint density at radius 3 is 2.48 bits per heavy atom. The summed E-state index contributed by atoms with van der Waals surface area (Å²) in [5.74, 6) is -0.338. The molecule has 1 aliphatic heterocycles. The molecular formula is C19H20ClN3O4. The van der Waals surface area contributed by atoms with Crippen molar-refractivity contribution in [2.24, 2.45) is 0 Å². The van der Waals surface area contributed by atoms with Crippen LogP contribution in [0.4, 0.5) is 11.4 Å². The van der Waals surface area contributed by atoms with Crippen molar-refractivity contribution in [3.8, 4) is 0 Å². The summed E-state index contributed by atoms with van der Waals surface area (Å²) < 4.78 is 0. The molecule has 142 valence electrons. The molecule has 0 bridgehead atoms. The fraction of sp³-hybridized carbons (Fsp3) is 0.316. The number of amides is 1. The molecule has 1 atom stereocenters. The van der Waals surface area contributed by atoms with E-state index in [0.717, 1.165) is 18.4 Å². The third-order valence-corrected chi connectivity index (χ3v) is 4.86. The summed E-state index contributed by atoms with van der Waals surface area (Å²) in [6.07, 6.45) is 1.81. The van der Waals surface area contributed by atoms with Crippen LogP contribution in [0.1, 0.15) is 34.8 Å². The molecule has 2 aromatic carbocycles. The number of aliphatic hydroxyl groups excluding tert-OH is 1. The number of nitrogens with zero attached hydrogens (tertiary/aromatic N) is 2. The van der Waals surface area contributed by atoms with Crippen LogP contribution in [0.2, 0.25) is 5.02 Å². The van der Waals surface area contributed by atoms with Crippen molar-refractivity contribution in [3.05, 3.63) is 68.7 Å². The lowest BCUT2D eigenvalue weighted by Gasteiger charge is -2.20. The van der Waals surface area contributed by atoms with E-state index < -0.39 is 11.0 Å². The number of hydrogen-bond acceptors (Lipinski definition) is 5. The first-order chi connectivity index (χ1) is 13.0. The first kappa shape index (κ1) is 19.1. The highest BCUT2D eigenvalue weighted by Crippen LogP contribution is 2.28. The quantitative estimate of drug-likeness (QED) is 0.581. The van der Waals surface area contributed by atoms with Crippen molar-refractivity contribution in [2.45, 2.75) is 18.9 Å². The summed E-state index contributed by atoms with van der Waals surface area (Å²) >= 11 is 5.90. The van der Waals surface area contributed by atoms with Gasteiger partial charge in [-0.05, 0) is 42.7 Å². The second kappa shape index (κ2) is 8.37. The SMILES string of the molecule is O=C(c1cc(NC(CO)c2ccc(Cl)cc2)ccc1[N+](=O)[O-])N1CCCC1. The van der Waals surface area contributed by atoms with Crippen molar-refractivity contribution in [2.75, 3.05) is 25.0 Å². The molecule has 1 fully saturated rings. The van der Waals surface area contributed by atoms with E-state index in [1.54, 1.807) is 29.2 Å². The Morgan fingerprint density at radius 1 is 1.22 bits per heavy atom. The van der Waals surface area contributed by atoms with Crippen molar-refractivity contribution >= 4 is 28.9 Å². The van der Waals surface area contributed by atoms with E-state index >= 15 is 0 Å². The molecule has 0 aromatic heterocycles. The van der Waals surface area contributed by atoms with Gasteiger partial charge >= 0.3 is 0 Å². The van der Waals surface area contributed by atoms with Crippen LogP contribution in [-0.4, -0.2) is 40.5 Å². The van der Waals surface area contributed by atoms with E-state index in [0.29, 0.717) is 23.8 Å². The molecule has 7 nitrogen and oxygen atoms in total. The first-order valence-electron chi connectivity index (χ1n) is 8.70. The minimum Gasteiger partial charge on any atom is -0.394 e. The van der Waals surface area contributed by atoms with Crippen molar-refractivity contribution in [1.29, 1.82) is 0 Å². The Balaban J connectivity index is 1.89. The zero-order valence-corrected chi connectivity index (χ0v) is 15.4.